The van der Waals surface area contributed by atoms with Crippen molar-refractivity contribution in [3.8, 4) is 5.75 Å². The Bertz CT molecular complexity index is 566. The van der Waals surface area contributed by atoms with Gasteiger partial charge in [-0.05, 0) is 43.2 Å². The lowest BCUT2D eigenvalue weighted by Gasteiger charge is -2.15. The molecule has 0 saturated heterocycles. The largest absolute Gasteiger partial charge is 0.489 e. The van der Waals surface area contributed by atoms with Crippen LogP contribution in [0.25, 0.3) is 0 Å². The summed E-state index contributed by atoms with van der Waals surface area (Å²) in [5, 5.41) is 0. The van der Waals surface area contributed by atoms with E-state index in [1.165, 1.54) is 17.7 Å². The Hall–Kier alpha value is -1.87. The minimum atomic E-state index is -0.296. The van der Waals surface area contributed by atoms with E-state index in [0.29, 0.717) is 17.9 Å². The quantitative estimate of drug-likeness (QED) is 0.908. The third-order valence-corrected chi connectivity index (χ3v) is 3.11. The third-order valence-electron chi connectivity index (χ3n) is 3.11. The lowest BCUT2D eigenvalue weighted by atomic mass is 10.1. The number of nitrogens with two attached hydrogens (primary N) is 1. The van der Waals surface area contributed by atoms with Gasteiger partial charge < -0.3 is 10.5 Å². The highest BCUT2D eigenvalue weighted by molar-refractivity contribution is 5.36. The second-order valence-corrected chi connectivity index (χ2v) is 4.69. The van der Waals surface area contributed by atoms with Gasteiger partial charge in [0, 0.05) is 11.6 Å². The molecule has 100 valence electrons. The first kappa shape index (κ1) is 13.6. The van der Waals surface area contributed by atoms with Gasteiger partial charge in [0.2, 0.25) is 0 Å². The molecule has 0 spiro atoms. The molecule has 1 atom stereocenters. The molecule has 0 aliphatic heterocycles. The van der Waals surface area contributed by atoms with Crippen LogP contribution in [0.3, 0.4) is 0 Å². The lowest BCUT2D eigenvalue weighted by Crippen LogP contribution is -2.09. The molecule has 2 nitrogen and oxygen atoms in total. The molecule has 0 heterocycles. The van der Waals surface area contributed by atoms with Gasteiger partial charge in [-0.15, -0.1) is 0 Å². The zero-order valence-electron chi connectivity index (χ0n) is 11.2. The maximum atomic E-state index is 13.2. The van der Waals surface area contributed by atoms with Crippen molar-refractivity contribution < 1.29 is 9.13 Å². The molecule has 3 heteroatoms. The molecule has 0 fully saturated rings. The van der Waals surface area contributed by atoms with E-state index in [-0.39, 0.29) is 11.9 Å². The standard InChI is InChI=1S/C16H18FNO/c1-11-5-3-4-6-13(11)10-19-16-8-7-14(17)9-15(16)12(2)18/h3-9,12H,10,18H2,1-2H3/t12-/m0/s1. The van der Waals surface area contributed by atoms with E-state index in [4.69, 9.17) is 10.5 Å². The van der Waals surface area contributed by atoms with Crippen molar-refractivity contribution in [2.24, 2.45) is 5.73 Å². The predicted octanol–water partition coefficient (Wildman–Crippen LogP) is 3.73. The molecule has 19 heavy (non-hydrogen) atoms. The van der Waals surface area contributed by atoms with Crippen LogP contribution in [0, 0.1) is 12.7 Å². The fourth-order valence-electron chi connectivity index (χ4n) is 1.93. The summed E-state index contributed by atoms with van der Waals surface area (Å²) in [7, 11) is 0. The second kappa shape index (κ2) is 5.85. The fraction of sp³-hybridized carbons (Fsp3) is 0.250. The first-order valence-corrected chi connectivity index (χ1v) is 6.30. The van der Waals surface area contributed by atoms with Crippen molar-refractivity contribution in [2.45, 2.75) is 26.5 Å². The van der Waals surface area contributed by atoms with E-state index in [1.54, 1.807) is 6.07 Å². The van der Waals surface area contributed by atoms with Crippen LogP contribution in [0.4, 0.5) is 4.39 Å². The van der Waals surface area contributed by atoms with Gasteiger partial charge in [-0.1, -0.05) is 24.3 Å². The molecular formula is C16H18FNO. The van der Waals surface area contributed by atoms with Crippen molar-refractivity contribution in [2.75, 3.05) is 0 Å². The number of hydrogen-bond acceptors (Lipinski definition) is 2. The number of rotatable bonds is 4. The second-order valence-electron chi connectivity index (χ2n) is 4.69. The molecule has 2 aromatic carbocycles. The van der Waals surface area contributed by atoms with Gasteiger partial charge in [0.15, 0.2) is 0 Å². The average Bonchev–Trinajstić information content (AvgIpc) is 2.38. The van der Waals surface area contributed by atoms with Crippen molar-refractivity contribution in [1.82, 2.24) is 0 Å². The van der Waals surface area contributed by atoms with E-state index in [1.807, 2.05) is 38.1 Å². The highest BCUT2D eigenvalue weighted by Gasteiger charge is 2.10. The van der Waals surface area contributed by atoms with E-state index < -0.39 is 0 Å². The fourth-order valence-corrected chi connectivity index (χ4v) is 1.93. The number of aryl methyl sites for hydroxylation is 1. The van der Waals surface area contributed by atoms with Gasteiger partial charge in [-0.25, -0.2) is 4.39 Å². The molecule has 0 amide bonds. The number of halogens is 1. The third kappa shape index (κ3) is 3.32. The smallest absolute Gasteiger partial charge is 0.124 e. The van der Waals surface area contributed by atoms with Crippen LogP contribution < -0.4 is 10.5 Å². The van der Waals surface area contributed by atoms with E-state index in [9.17, 15) is 4.39 Å². The molecule has 2 aromatic rings. The van der Waals surface area contributed by atoms with Crippen LogP contribution in [0.2, 0.25) is 0 Å². The van der Waals surface area contributed by atoms with Crippen molar-refractivity contribution in [3.63, 3.8) is 0 Å². The lowest BCUT2D eigenvalue weighted by molar-refractivity contribution is 0.300. The summed E-state index contributed by atoms with van der Waals surface area (Å²) < 4.78 is 19.0. The SMILES string of the molecule is Cc1ccccc1COc1ccc(F)cc1[C@H](C)N. The van der Waals surface area contributed by atoms with Gasteiger partial charge in [0.05, 0.1) is 0 Å². The highest BCUT2D eigenvalue weighted by atomic mass is 19.1. The Kier molecular flexibility index (Phi) is 4.17. The molecular weight excluding hydrogens is 241 g/mol. The van der Waals surface area contributed by atoms with E-state index >= 15 is 0 Å². The Labute approximate surface area is 113 Å². The minimum Gasteiger partial charge on any atom is -0.489 e. The number of ether oxygens (including phenoxy) is 1. The summed E-state index contributed by atoms with van der Waals surface area (Å²) in [6, 6.07) is 12.2. The van der Waals surface area contributed by atoms with Crippen molar-refractivity contribution >= 4 is 0 Å². The summed E-state index contributed by atoms with van der Waals surface area (Å²) in [6.07, 6.45) is 0. The molecule has 0 aromatic heterocycles. The predicted molar refractivity (Wildman–Crippen MR) is 74.5 cm³/mol. The summed E-state index contributed by atoms with van der Waals surface area (Å²) in [5.74, 6) is 0.343. The first-order valence-electron chi connectivity index (χ1n) is 6.30. The van der Waals surface area contributed by atoms with Crippen molar-refractivity contribution in [3.05, 3.63) is 65.0 Å². The summed E-state index contributed by atoms with van der Waals surface area (Å²) in [4.78, 5) is 0. The summed E-state index contributed by atoms with van der Waals surface area (Å²) in [5.41, 5.74) is 8.81. The summed E-state index contributed by atoms with van der Waals surface area (Å²) in [6.45, 7) is 4.31. The van der Waals surface area contributed by atoms with Gasteiger partial charge in [-0.3, -0.25) is 0 Å². The van der Waals surface area contributed by atoms with Gasteiger partial charge in [0.25, 0.3) is 0 Å². The van der Waals surface area contributed by atoms with Crippen LogP contribution in [-0.2, 0) is 6.61 Å². The van der Waals surface area contributed by atoms with Crippen molar-refractivity contribution in [1.29, 1.82) is 0 Å². The molecule has 0 bridgehead atoms. The first-order chi connectivity index (χ1) is 9.08. The van der Waals surface area contributed by atoms with Crippen LogP contribution in [0.15, 0.2) is 42.5 Å². The normalized spacial score (nSPS) is 12.2. The topological polar surface area (TPSA) is 35.2 Å². The van der Waals surface area contributed by atoms with Gasteiger partial charge >= 0.3 is 0 Å². The van der Waals surface area contributed by atoms with Crippen LogP contribution in [0.5, 0.6) is 5.75 Å². The van der Waals surface area contributed by atoms with Crippen LogP contribution in [0.1, 0.15) is 29.7 Å². The molecule has 0 saturated carbocycles. The Morgan fingerprint density at radius 3 is 2.63 bits per heavy atom. The molecule has 0 unspecified atom stereocenters. The zero-order chi connectivity index (χ0) is 13.8. The molecule has 2 rings (SSSR count). The highest BCUT2D eigenvalue weighted by Crippen LogP contribution is 2.25. The summed E-state index contributed by atoms with van der Waals surface area (Å²) >= 11 is 0. The van der Waals surface area contributed by atoms with Gasteiger partial charge in [0.1, 0.15) is 18.2 Å². The maximum Gasteiger partial charge on any atom is 0.124 e. The van der Waals surface area contributed by atoms with Gasteiger partial charge in [-0.2, -0.15) is 0 Å². The molecule has 0 aliphatic carbocycles. The Balaban J connectivity index is 2.18. The Morgan fingerprint density at radius 2 is 1.95 bits per heavy atom. The van der Waals surface area contributed by atoms with Crippen LogP contribution in [-0.4, -0.2) is 0 Å². The van der Waals surface area contributed by atoms with E-state index in [0.717, 1.165) is 5.56 Å². The van der Waals surface area contributed by atoms with Crippen LogP contribution >= 0.6 is 0 Å². The molecule has 0 aliphatic rings. The number of hydrogen-bond donors (Lipinski definition) is 1. The zero-order valence-corrected chi connectivity index (χ0v) is 11.2. The monoisotopic (exact) mass is 259 g/mol. The van der Waals surface area contributed by atoms with E-state index in [2.05, 4.69) is 0 Å². The Morgan fingerprint density at radius 1 is 1.21 bits per heavy atom. The molecule has 0 radical (unpaired) electrons. The maximum absolute atomic E-state index is 13.2. The molecule has 2 N–H and O–H groups in total. The average molecular weight is 259 g/mol. The minimum absolute atomic E-state index is 0.262. The number of benzene rings is 2.